The summed E-state index contributed by atoms with van der Waals surface area (Å²) >= 11 is 3.54. The van der Waals surface area contributed by atoms with Crippen molar-refractivity contribution in [3.05, 3.63) is 205 Å². The van der Waals surface area contributed by atoms with Crippen molar-refractivity contribution in [1.82, 2.24) is 9.97 Å². The third-order valence-corrected chi connectivity index (χ3v) is 12.6. The summed E-state index contributed by atoms with van der Waals surface area (Å²) in [7, 11) is 0. The molecule has 0 fully saturated rings. The van der Waals surface area contributed by atoms with Crippen LogP contribution in [-0.2, 0) is 0 Å². The Morgan fingerprint density at radius 3 is 1.20 bits per heavy atom. The number of rotatable bonds is 10. The van der Waals surface area contributed by atoms with Crippen LogP contribution in [0.5, 0.6) is 0 Å². The number of benzene rings is 5. The summed E-state index contributed by atoms with van der Waals surface area (Å²) in [6.07, 6.45) is 7.27. The zero-order valence-electron chi connectivity index (χ0n) is 32.1. The Kier molecular flexibility index (Phi) is 9.11. The maximum atomic E-state index is 6.60. The van der Waals surface area contributed by atoms with Crippen molar-refractivity contribution in [2.24, 2.45) is 0 Å². The van der Waals surface area contributed by atoms with Gasteiger partial charge in [0.15, 0.2) is 0 Å². The van der Waals surface area contributed by atoms with E-state index < -0.39 is 0 Å². The zero-order chi connectivity index (χ0) is 39.8. The molecule has 60 heavy (non-hydrogen) atoms. The summed E-state index contributed by atoms with van der Waals surface area (Å²) in [5.41, 5.74) is 10.5. The Bertz CT molecular complexity index is 2990. The number of nitrogens with zero attached hydrogens (tertiary/aromatic N) is 4. The van der Waals surface area contributed by atoms with Crippen molar-refractivity contribution in [3.63, 3.8) is 0 Å². The number of pyridine rings is 2. The summed E-state index contributed by atoms with van der Waals surface area (Å²) in [5, 5.41) is 7.01. The minimum Gasteiger partial charge on any atom is -0.440 e. The molecule has 6 aromatic heterocycles. The molecule has 0 spiro atoms. The van der Waals surface area contributed by atoms with E-state index in [0.29, 0.717) is 11.8 Å². The molecule has 0 aliphatic heterocycles. The number of thiophene rings is 2. The molecule has 11 rings (SSSR count). The number of hydrogen-bond acceptors (Lipinski definition) is 8. The first-order valence-corrected chi connectivity index (χ1v) is 21.3. The molecule has 6 heterocycles. The van der Waals surface area contributed by atoms with Crippen molar-refractivity contribution >= 4 is 77.4 Å². The molecule has 0 amide bonds. The van der Waals surface area contributed by atoms with Gasteiger partial charge in [0.1, 0.15) is 11.5 Å². The molecule has 0 radical (unpaired) electrons. The molecule has 0 saturated heterocycles. The van der Waals surface area contributed by atoms with Crippen molar-refractivity contribution < 1.29 is 8.83 Å². The molecule has 0 aliphatic rings. The zero-order valence-corrected chi connectivity index (χ0v) is 33.7. The van der Waals surface area contributed by atoms with Gasteiger partial charge in [-0.05, 0) is 94.7 Å². The Morgan fingerprint density at radius 2 is 0.783 bits per heavy atom. The summed E-state index contributed by atoms with van der Waals surface area (Å²) in [6, 6.07) is 58.6. The molecule has 6 nitrogen and oxygen atoms in total. The topological polar surface area (TPSA) is 58.5 Å². The first-order chi connectivity index (χ1) is 29.7. The second-order valence-corrected chi connectivity index (χ2v) is 16.2. The molecule has 8 heteroatoms. The molecule has 5 aromatic carbocycles. The Hall–Kier alpha value is -7.52. The van der Waals surface area contributed by atoms with E-state index in [1.54, 1.807) is 35.1 Å². The average molecular weight is 811 g/mol. The number of aromatic nitrogens is 2. The fraction of sp³-hybridized carbons (Fsp3) is 0. The molecule has 0 N–H and O–H groups in total. The fourth-order valence-electron chi connectivity index (χ4n) is 7.77. The van der Waals surface area contributed by atoms with Gasteiger partial charge in [0, 0.05) is 78.3 Å². The number of furan rings is 2. The van der Waals surface area contributed by atoms with Gasteiger partial charge < -0.3 is 8.83 Å². The highest BCUT2D eigenvalue weighted by Gasteiger charge is 2.20. The molecule has 0 bridgehead atoms. The second-order valence-electron chi connectivity index (χ2n) is 14.3. The van der Waals surface area contributed by atoms with Gasteiger partial charge in [-0.2, -0.15) is 0 Å². The van der Waals surface area contributed by atoms with Crippen LogP contribution in [0.15, 0.2) is 214 Å². The van der Waals surface area contributed by atoms with E-state index in [9.17, 15) is 0 Å². The quantitative estimate of drug-likeness (QED) is 0.137. The smallest absolute Gasteiger partial charge is 0.205 e. The Labute approximate surface area is 354 Å². The predicted octanol–water partition coefficient (Wildman–Crippen LogP) is 15.7. The molecule has 0 aliphatic carbocycles. The van der Waals surface area contributed by atoms with E-state index in [1.165, 1.54) is 42.4 Å². The maximum Gasteiger partial charge on any atom is 0.205 e. The van der Waals surface area contributed by atoms with Crippen LogP contribution >= 0.6 is 22.7 Å². The van der Waals surface area contributed by atoms with Gasteiger partial charge in [-0.1, -0.05) is 84.9 Å². The first kappa shape index (κ1) is 35.6. The van der Waals surface area contributed by atoms with E-state index >= 15 is 0 Å². The Morgan fingerprint density at radius 1 is 0.367 bits per heavy atom. The molecule has 286 valence electrons. The van der Waals surface area contributed by atoms with Crippen LogP contribution in [-0.4, -0.2) is 9.97 Å². The molecule has 0 saturated carbocycles. The number of anilines is 6. The van der Waals surface area contributed by atoms with Crippen LogP contribution in [0.1, 0.15) is 0 Å². The number of hydrogen-bond donors (Lipinski definition) is 0. The molecular formula is C52H34N4O2S2. The minimum atomic E-state index is 0.693. The van der Waals surface area contributed by atoms with Crippen LogP contribution in [0.25, 0.3) is 65.1 Å². The molecule has 0 atom stereocenters. The lowest BCUT2D eigenvalue weighted by molar-refractivity contribution is 0.586. The lowest BCUT2D eigenvalue weighted by Gasteiger charge is -2.22. The predicted molar refractivity (Wildman–Crippen MR) is 248 cm³/mol. The van der Waals surface area contributed by atoms with Crippen molar-refractivity contribution in [2.75, 3.05) is 9.80 Å². The van der Waals surface area contributed by atoms with Gasteiger partial charge in [-0.15, -0.1) is 22.7 Å². The number of fused-ring (bicyclic) bond motifs is 2. The van der Waals surface area contributed by atoms with E-state index in [-0.39, 0.29) is 0 Å². The molecule has 11 aromatic rings. The summed E-state index contributed by atoms with van der Waals surface area (Å²) < 4.78 is 15.8. The van der Waals surface area contributed by atoms with Gasteiger partial charge in [0.2, 0.25) is 11.8 Å². The summed E-state index contributed by atoms with van der Waals surface area (Å²) in [6.45, 7) is 0. The van der Waals surface area contributed by atoms with Gasteiger partial charge >= 0.3 is 0 Å². The van der Waals surface area contributed by atoms with E-state index in [0.717, 1.165) is 45.4 Å². The van der Waals surface area contributed by atoms with Gasteiger partial charge in [0.25, 0.3) is 0 Å². The van der Waals surface area contributed by atoms with Crippen molar-refractivity contribution in [2.45, 2.75) is 0 Å². The second kappa shape index (κ2) is 15.3. The summed E-state index contributed by atoms with van der Waals surface area (Å²) in [4.78, 5) is 13.0. The normalized spacial score (nSPS) is 11.3. The van der Waals surface area contributed by atoms with Gasteiger partial charge in [-0.25, -0.2) is 0 Å². The highest BCUT2D eigenvalue weighted by molar-refractivity contribution is 7.18. The maximum absolute atomic E-state index is 6.60. The Balaban J connectivity index is 0.860. The lowest BCUT2D eigenvalue weighted by Crippen LogP contribution is -2.09. The highest BCUT2D eigenvalue weighted by Crippen LogP contribution is 2.42. The largest absolute Gasteiger partial charge is 0.440 e. The van der Waals surface area contributed by atoms with Crippen molar-refractivity contribution in [3.8, 4) is 44.9 Å². The van der Waals surface area contributed by atoms with Crippen LogP contribution in [0.3, 0.4) is 0 Å². The van der Waals surface area contributed by atoms with Crippen molar-refractivity contribution in [1.29, 1.82) is 0 Å². The monoisotopic (exact) mass is 810 g/mol. The van der Waals surface area contributed by atoms with E-state index in [1.807, 2.05) is 60.9 Å². The van der Waals surface area contributed by atoms with Crippen LogP contribution in [0, 0.1) is 0 Å². The highest BCUT2D eigenvalue weighted by atomic mass is 32.1. The van der Waals surface area contributed by atoms with Gasteiger partial charge in [-0.3, -0.25) is 19.8 Å². The SMILES string of the molecule is c1cncc(N(c2ccc(-c3csc4ccccc34)cc2)c2ccc(-c3ccc(-c4ccc(N(c5ccc(-c6csc7ccccc67)cc5)c5cccnc5)o4)cc3)o2)c1. The van der Waals surface area contributed by atoms with E-state index in [4.69, 9.17) is 8.83 Å². The standard InChI is InChI=1S/C52H34N4O2S2/c1-3-11-49-43(9-1)45(33-59-49)35-17-21-39(22-18-35)55(41-7-5-29-53-31-41)51-27-25-47(57-51)37-13-15-38(16-14-37)48-26-28-52(58-48)56(42-8-6-30-54-32-42)40-23-19-36(20-24-40)46-34-60-50-12-4-2-10-44(46)50/h1-34H. The first-order valence-electron chi connectivity index (χ1n) is 19.6. The molecular weight excluding hydrogens is 777 g/mol. The average Bonchev–Trinajstić information content (AvgIpc) is 4.16. The minimum absolute atomic E-state index is 0.693. The summed E-state index contributed by atoms with van der Waals surface area (Å²) in [5.74, 6) is 2.90. The third kappa shape index (κ3) is 6.63. The van der Waals surface area contributed by atoms with Gasteiger partial charge in [0.05, 0.1) is 23.8 Å². The molecule has 0 unspecified atom stereocenters. The van der Waals surface area contributed by atoms with Crippen LogP contribution < -0.4 is 9.80 Å². The van der Waals surface area contributed by atoms with Crippen LogP contribution in [0.2, 0.25) is 0 Å². The third-order valence-electron chi connectivity index (χ3n) is 10.7. The van der Waals surface area contributed by atoms with E-state index in [2.05, 4.69) is 152 Å². The van der Waals surface area contributed by atoms with Crippen LogP contribution in [0.4, 0.5) is 34.5 Å². The lowest BCUT2D eigenvalue weighted by atomic mass is 10.0. The fourth-order valence-corrected chi connectivity index (χ4v) is 9.71.